The summed E-state index contributed by atoms with van der Waals surface area (Å²) in [7, 11) is 0. The van der Waals surface area contributed by atoms with E-state index in [-0.39, 0.29) is 24.4 Å². The minimum atomic E-state index is -0.182. The van der Waals surface area contributed by atoms with E-state index in [1.807, 2.05) is 62.4 Å². The first-order valence-electron chi connectivity index (χ1n) is 10.3. The number of carbonyl (C=O) groups excluding carboxylic acids is 1. The van der Waals surface area contributed by atoms with E-state index in [2.05, 4.69) is 20.3 Å². The van der Waals surface area contributed by atoms with Crippen LogP contribution in [0.3, 0.4) is 0 Å². The number of aryl methyl sites for hydroxylation is 3. The van der Waals surface area contributed by atoms with E-state index in [0.29, 0.717) is 16.9 Å². The number of benzene rings is 2. The zero-order valence-electron chi connectivity index (χ0n) is 17.7. The molecule has 2 N–H and O–H groups in total. The van der Waals surface area contributed by atoms with Gasteiger partial charge < -0.3 is 10.3 Å². The third-order valence-corrected chi connectivity index (χ3v) is 6.70. The van der Waals surface area contributed by atoms with Crippen LogP contribution in [0.4, 0.5) is 5.69 Å². The van der Waals surface area contributed by atoms with Gasteiger partial charge in [-0.2, -0.15) is 0 Å². The second-order valence-electron chi connectivity index (χ2n) is 7.65. The van der Waals surface area contributed by atoms with Gasteiger partial charge in [0.05, 0.1) is 28.4 Å². The Labute approximate surface area is 187 Å². The van der Waals surface area contributed by atoms with Crippen LogP contribution in [0.5, 0.6) is 0 Å². The van der Waals surface area contributed by atoms with Crippen LogP contribution in [0.15, 0.2) is 59.7 Å². The number of H-pyrrole nitrogens is 1. The maximum absolute atomic E-state index is 12.8. The number of carbonyl (C=O) groups is 1. The fourth-order valence-corrected chi connectivity index (χ4v) is 4.73. The van der Waals surface area contributed by atoms with E-state index in [1.165, 1.54) is 22.2 Å². The van der Waals surface area contributed by atoms with Crippen molar-refractivity contribution in [3.63, 3.8) is 0 Å². The summed E-state index contributed by atoms with van der Waals surface area (Å²) in [4.78, 5) is 39.7. The molecule has 0 fully saturated rings. The zero-order chi connectivity index (χ0) is 22.2. The first kappa shape index (κ1) is 20.1. The molecule has 8 heteroatoms. The molecule has 0 radical (unpaired) electrons. The molecule has 0 atom stereocenters. The lowest BCUT2D eigenvalue weighted by Gasteiger charge is -2.10. The number of aromatic nitrogens is 4. The van der Waals surface area contributed by atoms with Crippen molar-refractivity contribution in [2.24, 2.45) is 0 Å². The highest BCUT2D eigenvalue weighted by Crippen LogP contribution is 2.28. The summed E-state index contributed by atoms with van der Waals surface area (Å²) >= 11 is 1.52. The number of hydrogen-bond donors (Lipinski definition) is 2. The Morgan fingerprint density at radius 1 is 1.12 bits per heavy atom. The first-order chi connectivity index (χ1) is 15.5. The Bertz CT molecular complexity index is 1500. The maximum Gasteiger partial charge on any atom is 0.262 e. The van der Waals surface area contributed by atoms with Crippen molar-refractivity contribution in [1.29, 1.82) is 0 Å². The molecule has 0 bridgehead atoms. The van der Waals surface area contributed by atoms with Crippen molar-refractivity contribution in [1.82, 2.24) is 19.5 Å². The van der Waals surface area contributed by atoms with Crippen LogP contribution in [-0.2, 0) is 11.3 Å². The molecule has 160 valence electrons. The van der Waals surface area contributed by atoms with E-state index in [4.69, 9.17) is 0 Å². The van der Waals surface area contributed by atoms with Gasteiger partial charge in [0.1, 0.15) is 10.7 Å². The Hall–Kier alpha value is -3.78. The van der Waals surface area contributed by atoms with Gasteiger partial charge in [0.15, 0.2) is 0 Å². The topological polar surface area (TPSA) is 92.7 Å². The lowest BCUT2D eigenvalue weighted by atomic mass is 10.1. The average molecular weight is 444 g/mol. The lowest BCUT2D eigenvalue weighted by Crippen LogP contribution is -2.23. The predicted molar refractivity (Wildman–Crippen MR) is 128 cm³/mol. The molecule has 0 aliphatic heterocycles. The van der Waals surface area contributed by atoms with Crippen LogP contribution in [0, 0.1) is 13.8 Å². The summed E-state index contributed by atoms with van der Waals surface area (Å²) in [5.41, 5.74) is 4.13. The van der Waals surface area contributed by atoms with Crippen molar-refractivity contribution in [2.45, 2.75) is 26.8 Å². The third kappa shape index (κ3) is 3.58. The quantitative estimate of drug-likeness (QED) is 0.414. The van der Waals surface area contributed by atoms with E-state index in [1.54, 1.807) is 0 Å². The van der Waals surface area contributed by atoms with Crippen molar-refractivity contribution in [2.75, 3.05) is 5.32 Å². The van der Waals surface area contributed by atoms with Crippen molar-refractivity contribution in [3.05, 3.63) is 75.7 Å². The van der Waals surface area contributed by atoms with Crippen molar-refractivity contribution in [3.8, 4) is 11.4 Å². The molecule has 2 aromatic carbocycles. The summed E-state index contributed by atoms with van der Waals surface area (Å²) < 4.78 is 1.51. The SMILES string of the molecule is Cc1sc2ncn(CCC(=O)Nc3ccccc3-c3nc4ccccc4[nH]3)c(=O)c2c1C. The largest absolute Gasteiger partial charge is 0.338 e. The van der Waals surface area contributed by atoms with Crippen LogP contribution in [-0.4, -0.2) is 25.4 Å². The van der Waals surface area contributed by atoms with Crippen LogP contribution >= 0.6 is 11.3 Å². The van der Waals surface area contributed by atoms with Gasteiger partial charge in [-0.15, -0.1) is 11.3 Å². The summed E-state index contributed by atoms with van der Waals surface area (Å²) in [6.45, 7) is 4.18. The highest BCUT2D eigenvalue weighted by molar-refractivity contribution is 7.18. The van der Waals surface area contributed by atoms with Crippen molar-refractivity contribution >= 4 is 44.2 Å². The fraction of sp³-hybridized carbons (Fsp3) is 0.167. The highest BCUT2D eigenvalue weighted by atomic mass is 32.1. The molecule has 0 aliphatic carbocycles. The number of anilines is 1. The molecule has 5 rings (SSSR count). The Kier molecular flexibility index (Phi) is 5.07. The van der Waals surface area contributed by atoms with Gasteiger partial charge in [-0.3, -0.25) is 14.2 Å². The molecule has 0 unspecified atom stereocenters. The molecule has 32 heavy (non-hydrogen) atoms. The van der Waals surface area contributed by atoms with Gasteiger partial charge in [0.25, 0.3) is 5.56 Å². The molecular weight excluding hydrogens is 422 g/mol. The molecule has 1 amide bonds. The molecule has 7 nitrogen and oxygen atoms in total. The van der Waals surface area contributed by atoms with Gasteiger partial charge in [0.2, 0.25) is 5.91 Å². The number of fused-ring (bicyclic) bond motifs is 2. The van der Waals surface area contributed by atoms with Gasteiger partial charge >= 0.3 is 0 Å². The zero-order valence-corrected chi connectivity index (χ0v) is 18.5. The normalized spacial score (nSPS) is 11.3. The number of aromatic amines is 1. The number of nitrogens with zero attached hydrogens (tertiary/aromatic N) is 3. The monoisotopic (exact) mass is 443 g/mol. The fourth-order valence-electron chi connectivity index (χ4n) is 3.74. The van der Waals surface area contributed by atoms with E-state index >= 15 is 0 Å². The number of rotatable bonds is 5. The molecule has 5 aromatic rings. The van der Waals surface area contributed by atoms with Crippen LogP contribution in [0.25, 0.3) is 32.6 Å². The number of thiophene rings is 1. The molecule has 0 saturated heterocycles. The maximum atomic E-state index is 12.8. The highest BCUT2D eigenvalue weighted by Gasteiger charge is 2.14. The minimum Gasteiger partial charge on any atom is -0.338 e. The summed E-state index contributed by atoms with van der Waals surface area (Å²) in [5.74, 6) is 0.509. The Balaban J connectivity index is 1.35. The first-order valence-corrected chi connectivity index (χ1v) is 11.1. The summed E-state index contributed by atoms with van der Waals surface area (Å²) in [5, 5.41) is 3.61. The van der Waals surface area contributed by atoms with E-state index < -0.39 is 0 Å². The summed E-state index contributed by atoms with van der Waals surface area (Å²) in [6.07, 6.45) is 1.68. The average Bonchev–Trinajstić information content (AvgIpc) is 3.35. The molecule has 0 saturated carbocycles. The van der Waals surface area contributed by atoms with E-state index in [0.717, 1.165) is 31.9 Å². The minimum absolute atomic E-state index is 0.104. The molecular formula is C24H21N5O2S. The van der Waals surface area contributed by atoms with Crippen molar-refractivity contribution < 1.29 is 4.79 Å². The number of imidazole rings is 1. The second-order valence-corrected chi connectivity index (χ2v) is 8.86. The number of para-hydroxylation sites is 3. The molecule has 3 aromatic heterocycles. The lowest BCUT2D eigenvalue weighted by molar-refractivity contribution is -0.116. The molecule has 0 aliphatic rings. The van der Waals surface area contributed by atoms with Crippen LogP contribution in [0.1, 0.15) is 16.9 Å². The number of nitrogens with one attached hydrogen (secondary N) is 2. The standard InChI is InChI=1S/C24H21N5O2S/c1-14-15(2)32-23-21(14)24(31)29(13-25-23)12-11-20(30)26-17-8-4-3-7-16(17)22-27-18-9-5-6-10-19(18)28-22/h3-10,13H,11-12H2,1-2H3,(H,26,30)(H,27,28). The van der Waals surface area contributed by atoms with Crippen LogP contribution < -0.4 is 10.9 Å². The number of hydrogen-bond acceptors (Lipinski definition) is 5. The van der Waals surface area contributed by atoms with E-state index in [9.17, 15) is 9.59 Å². The molecule has 3 heterocycles. The van der Waals surface area contributed by atoms with Gasteiger partial charge in [0, 0.05) is 23.4 Å². The van der Waals surface area contributed by atoms with Gasteiger partial charge in [-0.05, 0) is 43.7 Å². The Morgan fingerprint density at radius 3 is 2.75 bits per heavy atom. The van der Waals surface area contributed by atoms with Crippen LogP contribution in [0.2, 0.25) is 0 Å². The predicted octanol–water partition coefficient (Wildman–Crippen LogP) is 4.65. The van der Waals surface area contributed by atoms with Gasteiger partial charge in [-0.1, -0.05) is 24.3 Å². The Morgan fingerprint density at radius 2 is 1.91 bits per heavy atom. The second kappa shape index (κ2) is 8.05. The number of amides is 1. The van der Waals surface area contributed by atoms with Gasteiger partial charge in [-0.25, -0.2) is 9.97 Å². The summed E-state index contributed by atoms with van der Waals surface area (Å²) in [6, 6.07) is 15.3. The smallest absolute Gasteiger partial charge is 0.262 e. The molecule has 0 spiro atoms. The third-order valence-electron chi connectivity index (χ3n) is 5.58.